The SMILES string of the molecule is Cc1ccc(C2CCCN2S(=O)(=O)F)cc1. The third-order valence-electron chi connectivity index (χ3n) is 2.95. The summed E-state index contributed by atoms with van der Waals surface area (Å²) in [7, 11) is -4.58. The van der Waals surface area contributed by atoms with Crippen LogP contribution < -0.4 is 0 Å². The van der Waals surface area contributed by atoms with Crippen molar-refractivity contribution in [2.75, 3.05) is 6.54 Å². The van der Waals surface area contributed by atoms with Crippen LogP contribution in [0.25, 0.3) is 0 Å². The Labute approximate surface area is 95.2 Å². The van der Waals surface area contributed by atoms with Crippen molar-refractivity contribution in [3.63, 3.8) is 0 Å². The maximum Gasteiger partial charge on any atom is 0.375 e. The molecule has 5 heteroatoms. The normalized spacial score (nSPS) is 22.5. The molecule has 1 heterocycles. The lowest BCUT2D eigenvalue weighted by Gasteiger charge is -2.20. The number of hydrogen-bond donors (Lipinski definition) is 0. The van der Waals surface area contributed by atoms with E-state index in [1.54, 1.807) is 0 Å². The quantitative estimate of drug-likeness (QED) is 0.748. The summed E-state index contributed by atoms with van der Waals surface area (Å²) in [6.07, 6.45) is 1.40. The van der Waals surface area contributed by atoms with E-state index in [4.69, 9.17) is 0 Å². The zero-order chi connectivity index (χ0) is 11.8. The van der Waals surface area contributed by atoms with Gasteiger partial charge < -0.3 is 0 Å². The molecule has 1 aliphatic rings. The summed E-state index contributed by atoms with van der Waals surface area (Å²) in [5.41, 5.74) is 1.97. The van der Waals surface area contributed by atoms with Crippen LogP contribution in [-0.4, -0.2) is 19.3 Å². The summed E-state index contributed by atoms with van der Waals surface area (Å²) >= 11 is 0. The number of halogens is 1. The molecule has 0 aromatic heterocycles. The number of rotatable bonds is 2. The molecular formula is C11H14FNO2S. The van der Waals surface area contributed by atoms with Gasteiger partial charge in [-0.15, -0.1) is 0 Å². The molecule has 0 aliphatic carbocycles. The van der Waals surface area contributed by atoms with Crippen LogP contribution in [0.15, 0.2) is 24.3 Å². The lowest BCUT2D eigenvalue weighted by Crippen LogP contribution is -2.27. The molecule has 88 valence electrons. The molecule has 0 bridgehead atoms. The predicted octanol–water partition coefficient (Wildman–Crippen LogP) is 2.35. The first-order valence-electron chi connectivity index (χ1n) is 5.26. The lowest BCUT2D eigenvalue weighted by molar-refractivity contribution is 0.371. The second-order valence-electron chi connectivity index (χ2n) is 4.12. The summed E-state index contributed by atoms with van der Waals surface area (Å²) < 4.78 is 35.8. The second-order valence-corrected chi connectivity index (χ2v) is 5.41. The van der Waals surface area contributed by atoms with E-state index in [1.807, 2.05) is 31.2 Å². The van der Waals surface area contributed by atoms with Crippen LogP contribution >= 0.6 is 0 Å². The molecule has 0 spiro atoms. The predicted molar refractivity (Wildman–Crippen MR) is 59.9 cm³/mol. The van der Waals surface area contributed by atoms with Gasteiger partial charge in [0.2, 0.25) is 0 Å². The van der Waals surface area contributed by atoms with E-state index in [0.717, 1.165) is 15.4 Å². The first-order chi connectivity index (χ1) is 7.48. The smallest absolute Gasteiger partial charge is 0.177 e. The van der Waals surface area contributed by atoms with Gasteiger partial charge in [-0.1, -0.05) is 33.7 Å². The fraction of sp³-hybridized carbons (Fsp3) is 0.455. The van der Waals surface area contributed by atoms with Gasteiger partial charge >= 0.3 is 10.4 Å². The van der Waals surface area contributed by atoms with Gasteiger partial charge in [-0.2, -0.15) is 12.7 Å². The van der Waals surface area contributed by atoms with Crippen molar-refractivity contribution in [3.8, 4) is 0 Å². The lowest BCUT2D eigenvalue weighted by atomic mass is 10.0. The second kappa shape index (κ2) is 4.14. The Balaban J connectivity index is 2.30. The number of hydrogen-bond acceptors (Lipinski definition) is 2. The van der Waals surface area contributed by atoms with Crippen molar-refractivity contribution in [2.45, 2.75) is 25.8 Å². The Morgan fingerprint density at radius 1 is 1.31 bits per heavy atom. The molecule has 1 aliphatic heterocycles. The van der Waals surface area contributed by atoms with Crippen LogP contribution in [0.1, 0.15) is 30.0 Å². The van der Waals surface area contributed by atoms with Crippen molar-refractivity contribution < 1.29 is 12.3 Å². The van der Waals surface area contributed by atoms with Crippen LogP contribution in [0.5, 0.6) is 0 Å². The summed E-state index contributed by atoms with van der Waals surface area (Å²) in [4.78, 5) is 0. The van der Waals surface area contributed by atoms with E-state index in [2.05, 4.69) is 0 Å². The van der Waals surface area contributed by atoms with Crippen LogP contribution in [0.2, 0.25) is 0 Å². The van der Waals surface area contributed by atoms with E-state index in [0.29, 0.717) is 12.8 Å². The average Bonchev–Trinajstić information content (AvgIpc) is 2.66. The molecule has 1 fully saturated rings. The number of aryl methyl sites for hydroxylation is 1. The third-order valence-corrected chi connectivity index (χ3v) is 3.94. The zero-order valence-corrected chi connectivity index (χ0v) is 9.87. The highest BCUT2D eigenvalue weighted by atomic mass is 32.3. The molecule has 3 nitrogen and oxygen atoms in total. The maximum atomic E-state index is 13.0. The van der Waals surface area contributed by atoms with E-state index < -0.39 is 10.4 Å². The van der Waals surface area contributed by atoms with Crippen molar-refractivity contribution in [2.24, 2.45) is 0 Å². The van der Waals surface area contributed by atoms with E-state index in [9.17, 15) is 12.3 Å². The molecular weight excluding hydrogens is 229 g/mol. The van der Waals surface area contributed by atoms with Crippen molar-refractivity contribution in [1.29, 1.82) is 0 Å². The monoisotopic (exact) mass is 243 g/mol. The Kier molecular flexibility index (Phi) is 2.99. The molecule has 1 atom stereocenters. The van der Waals surface area contributed by atoms with Gasteiger partial charge in [0, 0.05) is 6.54 Å². The molecule has 0 N–H and O–H groups in total. The Morgan fingerprint density at radius 3 is 2.50 bits per heavy atom. The molecule has 1 aromatic rings. The largest absolute Gasteiger partial charge is 0.375 e. The molecule has 0 saturated carbocycles. The minimum absolute atomic E-state index is 0.275. The van der Waals surface area contributed by atoms with Crippen LogP contribution in [-0.2, 0) is 10.4 Å². The standard InChI is InChI=1S/C11H14FNO2S/c1-9-4-6-10(7-5-9)11-3-2-8-13(11)16(12,14)15/h4-7,11H,2-3,8H2,1H3. The summed E-state index contributed by atoms with van der Waals surface area (Å²) in [5.74, 6) is 0. The molecule has 16 heavy (non-hydrogen) atoms. The third kappa shape index (κ3) is 2.25. The van der Waals surface area contributed by atoms with Gasteiger partial charge in [-0.3, -0.25) is 0 Å². The Hall–Kier alpha value is -0.940. The van der Waals surface area contributed by atoms with Gasteiger partial charge in [0.15, 0.2) is 0 Å². The highest BCUT2D eigenvalue weighted by Crippen LogP contribution is 2.34. The van der Waals surface area contributed by atoms with Crippen molar-refractivity contribution in [1.82, 2.24) is 4.31 Å². The highest BCUT2D eigenvalue weighted by Gasteiger charge is 2.34. The molecule has 1 aromatic carbocycles. The maximum absolute atomic E-state index is 13.0. The van der Waals surface area contributed by atoms with Crippen molar-refractivity contribution >= 4 is 10.4 Å². The molecule has 0 radical (unpaired) electrons. The fourth-order valence-corrected chi connectivity index (χ4v) is 3.00. The number of benzene rings is 1. The van der Waals surface area contributed by atoms with Crippen LogP contribution in [0.4, 0.5) is 3.89 Å². The van der Waals surface area contributed by atoms with Gasteiger partial charge in [0.25, 0.3) is 0 Å². The molecule has 2 rings (SSSR count). The van der Waals surface area contributed by atoms with Crippen molar-refractivity contribution in [3.05, 3.63) is 35.4 Å². The summed E-state index contributed by atoms with van der Waals surface area (Å²) in [5, 5.41) is 0. The van der Waals surface area contributed by atoms with Gasteiger partial charge in [-0.05, 0) is 25.3 Å². The van der Waals surface area contributed by atoms with E-state index in [-0.39, 0.29) is 12.6 Å². The van der Waals surface area contributed by atoms with E-state index in [1.165, 1.54) is 0 Å². The van der Waals surface area contributed by atoms with E-state index >= 15 is 0 Å². The van der Waals surface area contributed by atoms with Crippen LogP contribution in [0.3, 0.4) is 0 Å². The summed E-state index contributed by atoms with van der Waals surface area (Å²) in [6, 6.07) is 7.22. The topological polar surface area (TPSA) is 37.4 Å². The first-order valence-corrected chi connectivity index (χ1v) is 6.60. The molecule has 0 amide bonds. The Bertz CT molecular complexity index is 469. The van der Waals surface area contributed by atoms with Crippen LogP contribution in [0, 0.1) is 6.92 Å². The van der Waals surface area contributed by atoms with Gasteiger partial charge in [0.05, 0.1) is 6.04 Å². The zero-order valence-electron chi connectivity index (χ0n) is 9.06. The molecule has 1 unspecified atom stereocenters. The molecule has 1 saturated heterocycles. The minimum Gasteiger partial charge on any atom is -0.177 e. The minimum atomic E-state index is -4.58. The first kappa shape index (κ1) is 11.5. The number of nitrogens with zero attached hydrogens (tertiary/aromatic N) is 1. The van der Waals surface area contributed by atoms with Gasteiger partial charge in [-0.25, -0.2) is 0 Å². The highest BCUT2D eigenvalue weighted by molar-refractivity contribution is 7.84. The summed E-state index contributed by atoms with van der Waals surface area (Å²) in [6.45, 7) is 2.24. The Morgan fingerprint density at radius 2 is 1.94 bits per heavy atom. The fourth-order valence-electron chi connectivity index (χ4n) is 2.12. The van der Waals surface area contributed by atoms with Gasteiger partial charge in [0.1, 0.15) is 0 Å². The average molecular weight is 243 g/mol.